The number of anilines is 3. The molecule has 0 saturated carbocycles. The summed E-state index contributed by atoms with van der Waals surface area (Å²) < 4.78 is 52.6. The van der Waals surface area contributed by atoms with Gasteiger partial charge in [-0.25, -0.2) is 4.39 Å². The smallest absolute Gasteiger partial charge is 0.369 e. The zero-order chi connectivity index (χ0) is 28.4. The molecular weight excluding hydrogens is 528 g/mol. The Morgan fingerprint density at radius 3 is 2.33 bits per heavy atom. The van der Waals surface area contributed by atoms with Gasteiger partial charge in [0.2, 0.25) is 11.8 Å². The molecule has 0 bridgehead atoms. The number of hydrogen-bond acceptors (Lipinski definition) is 5. The van der Waals surface area contributed by atoms with E-state index in [0.717, 1.165) is 48.5 Å². The first-order valence-corrected chi connectivity index (χ1v) is 12.6. The quantitative estimate of drug-likeness (QED) is 0.228. The van der Waals surface area contributed by atoms with Gasteiger partial charge in [0, 0.05) is 48.5 Å². The number of likely N-dealkylation sites (N-methyl/N-ethyl adjacent to an activating group) is 1. The SMILES string of the molecule is CN1CCN(c2ccc(-c3n[nH]c4cc(NC(=O)CC(=O)Nc5cc(C(F)(F)F)ccc5F)ccc34)cc2)CC1. The van der Waals surface area contributed by atoms with Crippen molar-refractivity contribution >= 4 is 39.8 Å². The fourth-order valence-corrected chi connectivity index (χ4v) is 4.55. The van der Waals surface area contributed by atoms with Gasteiger partial charge in [0.25, 0.3) is 0 Å². The summed E-state index contributed by atoms with van der Waals surface area (Å²) in [5.41, 5.74) is 2.10. The highest BCUT2D eigenvalue weighted by Gasteiger charge is 2.31. The van der Waals surface area contributed by atoms with E-state index < -0.39 is 41.5 Å². The molecule has 4 aromatic rings. The maximum Gasteiger partial charge on any atom is 0.416 e. The largest absolute Gasteiger partial charge is 0.416 e. The van der Waals surface area contributed by atoms with Crippen LogP contribution in [0.25, 0.3) is 22.2 Å². The highest BCUT2D eigenvalue weighted by molar-refractivity contribution is 6.08. The van der Waals surface area contributed by atoms with Crippen molar-refractivity contribution in [3.8, 4) is 11.3 Å². The minimum Gasteiger partial charge on any atom is -0.369 e. The van der Waals surface area contributed by atoms with E-state index in [1.165, 1.54) is 0 Å². The van der Waals surface area contributed by atoms with E-state index in [2.05, 4.69) is 44.5 Å². The van der Waals surface area contributed by atoms with Gasteiger partial charge < -0.3 is 20.4 Å². The van der Waals surface area contributed by atoms with Crippen molar-refractivity contribution in [2.75, 3.05) is 48.8 Å². The molecular formula is C28H26F4N6O2. The summed E-state index contributed by atoms with van der Waals surface area (Å²) in [5, 5.41) is 12.8. The number of carbonyl (C=O) groups excluding carboxylic acids is 2. The van der Waals surface area contributed by atoms with E-state index in [1.807, 2.05) is 17.4 Å². The Balaban J connectivity index is 1.22. The van der Waals surface area contributed by atoms with E-state index >= 15 is 0 Å². The molecule has 208 valence electrons. The molecule has 8 nitrogen and oxygen atoms in total. The normalized spacial score (nSPS) is 14.4. The van der Waals surface area contributed by atoms with Gasteiger partial charge in [-0.2, -0.15) is 18.3 Å². The third-order valence-electron chi connectivity index (χ3n) is 6.74. The minimum absolute atomic E-state index is 0.385. The second-order valence-electron chi connectivity index (χ2n) is 9.64. The Bertz CT molecular complexity index is 1540. The highest BCUT2D eigenvalue weighted by atomic mass is 19.4. The Morgan fingerprint density at radius 1 is 0.925 bits per heavy atom. The van der Waals surface area contributed by atoms with Crippen LogP contribution in [0.3, 0.4) is 0 Å². The van der Waals surface area contributed by atoms with Gasteiger partial charge in [0.1, 0.15) is 12.2 Å². The molecule has 1 aliphatic heterocycles. The van der Waals surface area contributed by atoms with Crippen molar-refractivity contribution in [2.24, 2.45) is 0 Å². The molecule has 5 rings (SSSR count). The van der Waals surface area contributed by atoms with Crippen LogP contribution in [0.1, 0.15) is 12.0 Å². The number of aromatic nitrogens is 2. The number of benzene rings is 3. The molecule has 3 N–H and O–H groups in total. The summed E-state index contributed by atoms with van der Waals surface area (Å²) in [6.07, 6.45) is -5.43. The van der Waals surface area contributed by atoms with Crippen LogP contribution in [0.4, 0.5) is 34.6 Å². The van der Waals surface area contributed by atoms with Crippen molar-refractivity contribution in [3.05, 3.63) is 72.0 Å². The van der Waals surface area contributed by atoms with Crippen LogP contribution in [0, 0.1) is 5.82 Å². The fourth-order valence-electron chi connectivity index (χ4n) is 4.55. The van der Waals surface area contributed by atoms with E-state index in [9.17, 15) is 27.2 Å². The molecule has 0 aliphatic carbocycles. The van der Waals surface area contributed by atoms with Crippen molar-refractivity contribution < 1.29 is 27.2 Å². The van der Waals surface area contributed by atoms with E-state index in [-0.39, 0.29) is 0 Å². The Kier molecular flexibility index (Phi) is 7.44. The summed E-state index contributed by atoms with van der Waals surface area (Å²) >= 11 is 0. The van der Waals surface area contributed by atoms with E-state index in [4.69, 9.17) is 0 Å². The molecule has 2 heterocycles. The third-order valence-corrected chi connectivity index (χ3v) is 6.74. The van der Waals surface area contributed by atoms with Gasteiger partial charge in [-0.3, -0.25) is 14.7 Å². The summed E-state index contributed by atoms with van der Waals surface area (Å²) in [6, 6.07) is 14.9. The number of nitrogens with zero attached hydrogens (tertiary/aromatic N) is 3. The molecule has 12 heteroatoms. The van der Waals surface area contributed by atoms with Gasteiger partial charge in [-0.15, -0.1) is 0 Å². The summed E-state index contributed by atoms with van der Waals surface area (Å²) in [5.74, 6) is -2.72. The van der Waals surface area contributed by atoms with E-state index in [1.54, 1.807) is 18.2 Å². The molecule has 1 fully saturated rings. The third kappa shape index (κ3) is 6.07. The molecule has 0 spiro atoms. The number of amides is 2. The first kappa shape index (κ1) is 27.1. The van der Waals surface area contributed by atoms with Gasteiger partial charge in [0.05, 0.1) is 22.5 Å². The molecule has 1 saturated heterocycles. The van der Waals surface area contributed by atoms with Gasteiger partial charge in [-0.05, 0) is 55.6 Å². The molecule has 2 amide bonds. The number of H-pyrrole nitrogens is 1. The molecule has 0 radical (unpaired) electrons. The lowest BCUT2D eigenvalue weighted by molar-refractivity contribution is -0.137. The Hall–Kier alpha value is -4.45. The highest BCUT2D eigenvalue weighted by Crippen LogP contribution is 2.32. The number of nitrogens with one attached hydrogen (secondary N) is 3. The summed E-state index contributed by atoms with van der Waals surface area (Å²) in [7, 11) is 2.11. The summed E-state index contributed by atoms with van der Waals surface area (Å²) in [4.78, 5) is 29.2. The number of piperazine rings is 1. The topological polar surface area (TPSA) is 93.4 Å². The fraction of sp³-hybridized carbons (Fsp3) is 0.250. The van der Waals surface area contributed by atoms with Crippen molar-refractivity contribution in [2.45, 2.75) is 12.6 Å². The predicted octanol–water partition coefficient (Wildman–Crippen LogP) is 5.11. The second kappa shape index (κ2) is 11.0. The standard InChI is InChI=1S/C28H26F4N6O2/c1-37-10-12-38(13-11-37)20-6-2-17(3-7-20)27-21-8-5-19(15-23(21)35-36-27)33-25(39)16-26(40)34-24-14-18(28(30,31)32)4-9-22(24)29/h2-9,14-15H,10-13,16H2,1H3,(H,33,39)(H,34,40)(H,35,36). The lowest BCUT2D eigenvalue weighted by Crippen LogP contribution is -2.44. The number of halogens is 4. The number of aromatic amines is 1. The molecule has 0 unspecified atom stereocenters. The minimum atomic E-state index is -4.70. The van der Waals surface area contributed by atoms with Crippen LogP contribution in [-0.2, 0) is 15.8 Å². The van der Waals surface area contributed by atoms with Gasteiger partial charge in [-0.1, -0.05) is 12.1 Å². The van der Waals surface area contributed by atoms with Crippen molar-refractivity contribution in [3.63, 3.8) is 0 Å². The van der Waals surface area contributed by atoms with Gasteiger partial charge >= 0.3 is 6.18 Å². The average Bonchev–Trinajstić information content (AvgIpc) is 3.33. The maximum absolute atomic E-state index is 13.9. The number of rotatable bonds is 6. The lowest BCUT2D eigenvalue weighted by Gasteiger charge is -2.34. The van der Waals surface area contributed by atoms with Crippen LogP contribution < -0.4 is 15.5 Å². The van der Waals surface area contributed by atoms with E-state index in [0.29, 0.717) is 29.4 Å². The van der Waals surface area contributed by atoms with Crippen LogP contribution in [0.2, 0.25) is 0 Å². The first-order valence-electron chi connectivity index (χ1n) is 12.6. The summed E-state index contributed by atoms with van der Waals surface area (Å²) in [6.45, 7) is 3.98. The van der Waals surface area contributed by atoms with Crippen LogP contribution in [0.5, 0.6) is 0 Å². The molecule has 40 heavy (non-hydrogen) atoms. The monoisotopic (exact) mass is 554 g/mol. The Labute approximate surface area is 227 Å². The number of hydrogen-bond donors (Lipinski definition) is 3. The van der Waals surface area contributed by atoms with Crippen LogP contribution in [-0.4, -0.2) is 60.1 Å². The molecule has 3 aromatic carbocycles. The maximum atomic E-state index is 13.9. The number of fused-ring (bicyclic) bond motifs is 1. The van der Waals surface area contributed by atoms with Crippen LogP contribution in [0.15, 0.2) is 60.7 Å². The zero-order valence-electron chi connectivity index (χ0n) is 21.5. The first-order chi connectivity index (χ1) is 19.1. The van der Waals surface area contributed by atoms with Crippen molar-refractivity contribution in [1.29, 1.82) is 0 Å². The average molecular weight is 555 g/mol. The van der Waals surface area contributed by atoms with Crippen molar-refractivity contribution in [1.82, 2.24) is 15.1 Å². The number of carbonyl (C=O) groups is 2. The molecule has 0 atom stereocenters. The molecule has 1 aliphatic rings. The second-order valence-corrected chi connectivity index (χ2v) is 9.64. The lowest BCUT2D eigenvalue weighted by atomic mass is 10.1. The Morgan fingerprint density at radius 2 is 1.62 bits per heavy atom. The number of alkyl halides is 3. The molecule has 1 aromatic heterocycles. The van der Waals surface area contributed by atoms with Crippen LogP contribution >= 0.6 is 0 Å². The zero-order valence-corrected chi connectivity index (χ0v) is 21.5. The van der Waals surface area contributed by atoms with Gasteiger partial charge in [0.15, 0.2) is 0 Å². The predicted molar refractivity (Wildman–Crippen MR) is 145 cm³/mol.